The molecule has 0 heterocycles. The van der Waals surface area contributed by atoms with Crippen LogP contribution in [0.4, 0.5) is 13.6 Å². The van der Waals surface area contributed by atoms with Gasteiger partial charge in [-0.1, -0.05) is 42.2 Å². The van der Waals surface area contributed by atoms with Crippen molar-refractivity contribution in [2.24, 2.45) is 0 Å². The van der Waals surface area contributed by atoms with Gasteiger partial charge in [-0.15, -0.1) is 0 Å². The van der Waals surface area contributed by atoms with Crippen molar-refractivity contribution >= 4 is 6.09 Å². The summed E-state index contributed by atoms with van der Waals surface area (Å²) in [4.78, 5) is 11.5. The third-order valence-electron chi connectivity index (χ3n) is 3.13. The van der Waals surface area contributed by atoms with Crippen LogP contribution in [0, 0.1) is 34.8 Å². The van der Waals surface area contributed by atoms with E-state index >= 15 is 0 Å². The van der Waals surface area contributed by atoms with E-state index in [4.69, 9.17) is 10.00 Å². The molecule has 0 bridgehead atoms. The zero-order valence-electron chi connectivity index (χ0n) is 13.2. The van der Waals surface area contributed by atoms with Crippen molar-refractivity contribution in [3.63, 3.8) is 0 Å². The van der Waals surface area contributed by atoms with E-state index in [2.05, 4.69) is 17.2 Å². The normalized spacial score (nSPS) is 9.48. The zero-order valence-corrected chi connectivity index (χ0v) is 13.2. The number of rotatable bonds is 4. The van der Waals surface area contributed by atoms with Crippen molar-refractivity contribution in [2.75, 3.05) is 6.54 Å². The highest BCUT2D eigenvalue weighted by molar-refractivity contribution is 5.67. The molecule has 0 saturated heterocycles. The van der Waals surface area contributed by atoms with Crippen LogP contribution in [0.25, 0.3) is 0 Å². The molecule has 0 fully saturated rings. The Bertz CT molecular complexity index is 849. The van der Waals surface area contributed by atoms with Gasteiger partial charge in [-0.3, -0.25) is 0 Å². The second-order valence-electron chi connectivity index (χ2n) is 4.96. The lowest BCUT2D eigenvalue weighted by molar-refractivity contribution is 0.140. The Morgan fingerprint density at radius 3 is 2.52 bits per heavy atom. The summed E-state index contributed by atoms with van der Waals surface area (Å²) in [6, 6.07) is 12.5. The summed E-state index contributed by atoms with van der Waals surface area (Å²) >= 11 is 0. The monoisotopic (exact) mass is 340 g/mol. The lowest BCUT2D eigenvalue weighted by Gasteiger charge is -2.05. The van der Waals surface area contributed by atoms with E-state index in [1.807, 2.05) is 30.3 Å². The van der Waals surface area contributed by atoms with E-state index in [0.29, 0.717) is 0 Å². The number of amides is 1. The zero-order chi connectivity index (χ0) is 18.1. The molecule has 1 N–H and O–H groups in total. The number of alkyl carbamates (subject to hydrolysis) is 1. The molecule has 6 heteroatoms. The van der Waals surface area contributed by atoms with Crippen LogP contribution in [0.2, 0.25) is 0 Å². The molecule has 25 heavy (non-hydrogen) atoms. The highest BCUT2D eigenvalue weighted by Gasteiger charge is 2.07. The van der Waals surface area contributed by atoms with Gasteiger partial charge in [-0.25, -0.2) is 13.6 Å². The maximum atomic E-state index is 13.6. The third-order valence-corrected chi connectivity index (χ3v) is 3.13. The standard InChI is InChI=1S/C19H14F2N2O2/c20-17-11-16(12-22)18(21)10-15(17)8-4-5-9-23-19(24)25-13-14-6-2-1-3-7-14/h1-3,6-7,10-11H,5,9,13H2,(H,23,24). The Morgan fingerprint density at radius 1 is 1.12 bits per heavy atom. The third kappa shape index (κ3) is 5.63. The Labute approximate surface area is 144 Å². The predicted molar refractivity (Wildman–Crippen MR) is 87.2 cm³/mol. The molecular weight excluding hydrogens is 326 g/mol. The van der Waals surface area contributed by atoms with E-state index in [-0.39, 0.29) is 30.7 Å². The van der Waals surface area contributed by atoms with Gasteiger partial charge in [0.05, 0.1) is 11.1 Å². The van der Waals surface area contributed by atoms with E-state index in [1.165, 1.54) is 0 Å². The largest absolute Gasteiger partial charge is 0.445 e. The smallest absolute Gasteiger partial charge is 0.407 e. The lowest BCUT2D eigenvalue weighted by Crippen LogP contribution is -2.24. The summed E-state index contributed by atoms with van der Waals surface area (Å²) < 4.78 is 32.0. The SMILES string of the molecule is N#Cc1cc(F)c(C#CCCNC(=O)OCc2ccccc2)cc1F. The van der Waals surface area contributed by atoms with Crippen LogP contribution in [-0.2, 0) is 11.3 Å². The average Bonchev–Trinajstić information content (AvgIpc) is 2.63. The number of ether oxygens (including phenoxy) is 1. The first kappa shape index (κ1) is 18.0. The fourth-order valence-electron chi connectivity index (χ4n) is 1.89. The summed E-state index contributed by atoms with van der Waals surface area (Å²) in [6.07, 6.45) is -0.345. The number of hydrogen-bond acceptors (Lipinski definition) is 3. The molecule has 1 amide bonds. The van der Waals surface area contributed by atoms with Crippen LogP contribution in [0.1, 0.15) is 23.1 Å². The van der Waals surface area contributed by atoms with Crippen molar-refractivity contribution in [1.82, 2.24) is 5.32 Å². The van der Waals surface area contributed by atoms with Gasteiger partial charge >= 0.3 is 6.09 Å². The number of carbonyl (C=O) groups excluding carboxylic acids is 1. The van der Waals surface area contributed by atoms with Gasteiger partial charge in [0.1, 0.15) is 24.3 Å². The number of hydrogen-bond donors (Lipinski definition) is 1. The fourth-order valence-corrected chi connectivity index (χ4v) is 1.89. The van der Waals surface area contributed by atoms with Crippen molar-refractivity contribution in [3.05, 3.63) is 70.8 Å². The number of halogens is 2. The molecule has 0 atom stereocenters. The van der Waals surface area contributed by atoms with Crippen molar-refractivity contribution < 1.29 is 18.3 Å². The van der Waals surface area contributed by atoms with Gasteiger partial charge in [-0.05, 0) is 17.7 Å². The van der Waals surface area contributed by atoms with Crippen LogP contribution in [0.15, 0.2) is 42.5 Å². The maximum Gasteiger partial charge on any atom is 0.407 e. The minimum absolute atomic E-state index is 0.136. The average molecular weight is 340 g/mol. The molecular formula is C19H14F2N2O2. The minimum Gasteiger partial charge on any atom is -0.445 e. The van der Waals surface area contributed by atoms with E-state index in [1.54, 1.807) is 6.07 Å². The van der Waals surface area contributed by atoms with Crippen LogP contribution >= 0.6 is 0 Å². The topological polar surface area (TPSA) is 62.1 Å². The highest BCUT2D eigenvalue weighted by atomic mass is 19.1. The number of carbonyl (C=O) groups is 1. The molecule has 0 aromatic heterocycles. The summed E-state index contributed by atoms with van der Waals surface area (Å²) in [5.41, 5.74) is 0.366. The van der Waals surface area contributed by atoms with Gasteiger partial charge in [0.15, 0.2) is 0 Å². The molecule has 0 radical (unpaired) electrons. The van der Waals surface area contributed by atoms with Crippen LogP contribution in [-0.4, -0.2) is 12.6 Å². The van der Waals surface area contributed by atoms with E-state index in [0.717, 1.165) is 17.7 Å². The summed E-state index contributed by atoms with van der Waals surface area (Å²) in [5, 5.41) is 11.1. The number of nitrogens with one attached hydrogen (secondary N) is 1. The van der Waals surface area contributed by atoms with Crippen molar-refractivity contribution in [1.29, 1.82) is 5.26 Å². The molecule has 0 spiro atoms. The summed E-state index contributed by atoms with van der Waals surface area (Å²) in [7, 11) is 0. The number of nitriles is 1. The molecule has 0 aliphatic rings. The molecule has 2 rings (SSSR count). The lowest BCUT2D eigenvalue weighted by atomic mass is 10.1. The molecule has 0 saturated carbocycles. The first-order valence-electron chi connectivity index (χ1n) is 7.42. The van der Waals surface area contributed by atoms with Gasteiger partial charge in [0, 0.05) is 13.0 Å². The maximum absolute atomic E-state index is 13.6. The quantitative estimate of drug-likeness (QED) is 0.684. The van der Waals surface area contributed by atoms with Crippen LogP contribution < -0.4 is 5.32 Å². The first-order valence-corrected chi connectivity index (χ1v) is 7.42. The predicted octanol–water partition coefficient (Wildman–Crippen LogP) is 3.50. The van der Waals surface area contributed by atoms with Crippen LogP contribution in [0.3, 0.4) is 0 Å². The second kappa shape index (κ2) is 9.05. The Morgan fingerprint density at radius 2 is 1.80 bits per heavy atom. The van der Waals surface area contributed by atoms with Gasteiger partial charge < -0.3 is 10.1 Å². The second-order valence-corrected chi connectivity index (χ2v) is 4.96. The molecule has 0 aliphatic heterocycles. The van der Waals surface area contributed by atoms with Crippen molar-refractivity contribution in [2.45, 2.75) is 13.0 Å². The number of benzene rings is 2. The summed E-state index contributed by atoms with van der Waals surface area (Å²) in [5.74, 6) is 3.51. The van der Waals surface area contributed by atoms with Gasteiger partial charge in [0.25, 0.3) is 0 Å². The van der Waals surface area contributed by atoms with E-state index in [9.17, 15) is 13.6 Å². The Kier molecular flexibility index (Phi) is 6.50. The molecule has 2 aromatic carbocycles. The molecule has 0 unspecified atom stereocenters. The summed E-state index contributed by atoms with van der Waals surface area (Å²) in [6.45, 7) is 0.370. The van der Waals surface area contributed by atoms with Crippen LogP contribution in [0.5, 0.6) is 0 Å². The van der Waals surface area contributed by atoms with Crippen molar-refractivity contribution in [3.8, 4) is 17.9 Å². The minimum atomic E-state index is -0.823. The fraction of sp³-hybridized carbons (Fsp3) is 0.158. The highest BCUT2D eigenvalue weighted by Crippen LogP contribution is 2.13. The Hall–Kier alpha value is -3.38. The molecule has 2 aromatic rings. The molecule has 4 nitrogen and oxygen atoms in total. The van der Waals surface area contributed by atoms with E-state index < -0.39 is 17.7 Å². The van der Waals surface area contributed by atoms with Gasteiger partial charge in [0.2, 0.25) is 0 Å². The molecule has 126 valence electrons. The number of nitrogens with zero attached hydrogens (tertiary/aromatic N) is 1. The van der Waals surface area contributed by atoms with Gasteiger partial charge in [-0.2, -0.15) is 5.26 Å². The first-order chi connectivity index (χ1) is 12.1. The Balaban J connectivity index is 1.76. The molecule has 0 aliphatic carbocycles.